The molecule has 2 aromatic carbocycles. The molecule has 1 atom stereocenters. The van der Waals surface area contributed by atoms with Crippen LogP contribution in [0.3, 0.4) is 0 Å². The molecule has 0 bridgehead atoms. The number of rotatable bonds is 5. The van der Waals surface area contributed by atoms with Crippen LogP contribution in [0.2, 0.25) is 0 Å². The van der Waals surface area contributed by atoms with E-state index >= 15 is 0 Å². The van der Waals surface area contributed by atoms with E-state index in [4.69, 9.17) is 17.0 Å². The molecule has 3 rings (SSSR count). The molecule has 5 heteroatoms. The fraction of sp³-hybridized carbons (Fsp3) is 0.350. The summed E-state index contributed by atoms with van der Waals surface area (Å²) in [6, 6.07) is 16.5. The number of methoxy groups -OCH3 is 1. The summed E-state index contributed by atoms with van der Waals surface area (Å²) < 4.78 is 5.22. The highest BCUT2D eigenvalue weighted by molar-refractivity contribution is 7.80. The van der Waals surface area contributed by atoms with Crippen molar-refractivity contribution in [3.8, 4) is 5.75 Å². The van der Waals surface area contributed by atoms with Gasteiger partial charge < -0.3 is 20.3 Å². The van der Waals surface area contributed by atoms with E-state index in [1.54, 1.807) is 7.11 Å². The Bertz CT molecular complexity index is 717. The molecule has 0 aromatic heterocycles. The van der Waals surface area contributed by atoms with E-state index in [9.17, 15) is 0 Å². The van der Waals surface area contributed by atoms with Crippen molar-refractivity contribution >= 4 is 28.7 Å². The van der Waals surface area contributed by atoms with E-state index in [1.807, 2.05) is 24.3 Å². The molecule has 1 saturated heterocycles. The Morgan fingerprint density at radius 1 is 1.24 bits per heavy atom. The number of thiocarbonyl (C=S) groups is 1. The van der Waals surface area contributed by atoms with Gasteiger partial charge in [-0.05, 0) is 73.4 Å². The fourth-order valence-corrected chi connectivity index (χ4v) is 3.36. The van der Waals surface area contributed by atoms with Gasteiger partial charge >= 0.3 is 0 Å². The molecular weight excluding hydrogens is 330 g/mol. The third-order valence-corrected chi connectivity index (χ3v) is 4.80. The Labute approximate surface area is 155 Å². The van der Waals surface area contributed by atoms with Crippen LogP contribution >= 0.6 is 12.2 Å². The summed E-state index contributed by atoms with van der Waals surface area (Å²) in [5.41, 5.74) is 3.51. The smallest absolute Gasteiger partial charge is 0.170 e. The van der Waals surface area contributed by atoms with Gasteiger partial charge in [0.15, 0.2) is 5.11 Å². The van der Waals surface area contributed by atoms with Gasteiger partial charge in [0.25, 0.3) is 0 Å². The highest BCUT2D eigenvalue weighted by atomic mass is 32.1. The van der Waals surface area contributed by atoms with Crippen molar-refractivity contribution < 1.29 is 4.74 Å². The molecule has 0 aliphatic carbocycles. The second kappa shape index (κ2) is 8.21. The van der Waals surface area contributed by atoms with Crippen LogP contribution in [0, 0.1) is 12.8 Å². The monoisotopic (exact) mass is 355 g/mol. The van der Waals surface area contributed by atoms with Crippen LogP contribution in [0.1, 0.15) is 12.0 Å². The Morgan fingerprint density at radius 2 is 2.04 bits per heavy atom. The van der Waals surface area contributed by atoms with Gasteiger partial charge in [0, 0.05) is 31.0 Å². The molecule has 1 heterocycles. The minimum absolute atomic E-state index is 0.597. The summed E-state index contributed by atoms with van der Waals surface area (Å²) in [5.74, 6) is 1.49. The van der Waals surface area contributed by atoms with Gasteiger partial charge in [-0.3, -0.25) is 0 Å². The maximum Gasteiger partial charge on any atom is 0.170 e. The fourth-order valence-electron chi connectivity index (χ4n) is 3.16. The zero-order chi connectivity index (χ0) is 17.6. The number of nitrogens with one attached hydrogen (secondary N) is 2. The summed E-state index contributed by atoms with van der Waals surface area (Å²) in [6.45, 7) is 5.10. The predicted octanol–water partition coefficient (Wildman–Crippen LogP) is 3.82. The molecular formula is C20H25N3OS. The van der Waals surface area contributed by atoms with Crippen molar-refractivity contribution in [3.05, 3.63) is 54.1 Å². The summed E-state index contributed by atoms with van der Waals surface area (Å²) in [6.07, 6.45) is 1.17. The third-order valence-electron chi connectivity index (χ3n) is 4.55. The number of benzene rings is 2. The number of hydrogen-bond donors (Lipinski definition) is 2. The lowest BCUT2D eigenvalue weighted by atomic mass is 10.1. The van der Waals surface area contributed by atoms with Gasteiger partial charge in [0.05, 0.1) is 7.11 Å². The average Bonchev–Trinajstić information content (AvgIpc) is 3.09. The maximum atomic E-state index is 5.41. The van der Waals surface area contributed by atoms with E-state index in [-0.39, 0.29) is 0 Å². The van der Waals surface area contributed by atoms with Crippen LogP contribution in [-0.2, 0) is 0 Å². The Morgan fingerprint density at radius 3 is 2.76 bits per heavy atom. The molecule has 2 N–H and O–H groups in total. The molecule has 1 fully saturated rings. The molecule has 4 nitrogen and oxygen atoms in total. The molecule has 1 aliphatic heterocycles. The lowest BCUT2D eigenvalue weighted by molar-refractivity contribution is 0.415. The van der Waals surface area contributed by atoms with E-state index in [0.717, 1.165) is 31.1 Å². The van der Waals surface area contributed by atoms with Crippen LogP contribution in [0.15, 0.2) is 48.5 Å². The second-order valence-corrected chi connectivity index (χ2v) is 6.91. The summed E-state index contributed by atoms with van der Waals surface area (Å²) in [7, 11) is 1.69. The van der Waals surface area contributed by atoms with Gasteiger partial charge in [0.1, 0.15) is 5.75 Å². The molecule has 0 spiro atoms. The van der Waals surface area contributed by atoms with Crippen molar-refractivity contribution in [2.24, 2.45) is 5.92 Å². The SMILES string of the molecule is COc1ccc(N2CC[C@@H](CNC(=S)Nc3cccc(C)c3)C2)cc1. The van der Waals surface area contributed by atoms with Crippen LogP contribution in [0.25, 0.3) is 0 Å². The van der Waals surface area contributed by atoms with Gasteiger partial charge in [-0.25, -0.2) is 0 Å². The van der Waals surface area contributed by atoms with Crippen LogP contribution in [0.5, 0.6) is 5.75 Å². The van der Waals surface area contributed by atoms with Gasteiger partial charge in [-0.1, -0.05) is 12.1 Å². The Kier molecular flexibility index (Phi) is 5.76. The largest absolute Gasteiger partial charge is 0.497 e. The lowest BCUT2D eigenvalue weighted by Gasteiger charge is -2.19. The summed E-state index contributed by atoms with van der Waals surface area (Å²) >= 11 is 5.41. The molecule has 2 aromatic rings. The van der Waals surface area contributed by atoms with Gasteiger partial charge in [-0.2, -0.15) is 0 Å². The first-order valence-electron chi connectivity index (χ1n) is 8.64. The maximum absolute atomic E-state index is 5.41. The molecule has 132 valence electrons. The second-order valence-electron chi connectivity index (χ2n) is 6.50. The zero-order valence-electron chi connectivity index (χ0n) is 14.8. The minimum Gasteiger partial charge on any atom is -0.497 e. The molecule has 0 unspecified atom stereocenters. The van der Waals surface area contributed by atoms with Crippen LogP contribution < -0.4 is 20.3 Å². The van der Waals surface area contributed by atoms with Crippen molar-refractivity contribution in [1.29, 1.82) is 0 Å². The van der Waals surface area contributed by atoms with E-state index < -0.39 is 0 Å². The Hall–Kier alpha value is -2.27. The number of hydrogen-bond acceptors (Lipinski definition) is 3. The number of ether oxygens (including phenoxy) is 1. The summed E-state index contributed by atoms with van der Waals surface area (Å²) in [5, 5.41) is 7.30. The normalized spacial score (nSPS) is 16.6. The van der Waals surface area contributed by atoms with Crippen molar-refractivity contribution in [3.63, 3.8) is 0 Å². The van der Waals surface area contributed by atoms with Crippen LogP contribution in [0.4, 0.5) is 11.4 Å². The predicted molar refractivity (Wildman–Crippen MR) is 109 cm³/mol. The third kappa shape index (κ3) is 4.86. The number of aryl methyl sites for hydroxylation is 1. The topological polar surface area (TPSA) is 36.5 Å². The molecule has 0 radical (unpaired) electrons. The van der Waals surface area contributed by atoms with Gasteiger partial charge in [0.2, 0.25) is 0 Å². The molecule has 0 saturated carbocycles. The highest BCUT2D eigenvalue weighted by Gasteiger charge is 2.22. The molecule has 0 amide bonds. The molecule has 1 aliphatic rings. The minimum atomic E-state index is 0.597. The van der Waals surface area contributed by atoms with Crippen LogP contribution in [-0.4, -0.2) is 31.9 Å². The van der Waals surface area contributed by atoms with Crippen molar-refractivity contribution in [2.45, 2.75) is 13.3 Å². The first kappa shape index (κ1) is 17.5. The summed E-state index contributed by atoms with van der Waals surface area (Å²) in [4.78, 5) is 2.42. The van der Waals surface area contributed by atoms with E-state index in [1.165, 1.54) is 17.7 Å². The quantitative estimate of drug-likeness (QED) is 0.798. The molecule has 25 heavy (non-hydrogen) atoms. The number of nitrogens with zero attached hydrogens (tertiary/aromatic N) is 1. The first-order chi connectivity index (χ1) is 12.1. The average molecular weight is 356 g/mol. The van der Waals surface area contributed by atoms with Crippen molar-refractivity contribution in [1.82, 2.24) is 5.32 Å². The first-order valence-corrected chi connectivity index (χ1v) is 9.05. The number of anilines is 2. The lowest BCUT2D eigenvalue weighted by Crippen LogP contribution is -2.34. The van der Waals surface area contributed by atoms with E-state index in [0.29, 0.717) is 11.0 Å². The zero-order valence-corrected chi connectivity index (χ0v) is 15.6. The van der Waals surface area contributed by atoms with Crippen molar-refractivity contribution in [2.75, 3.05) is 37.0 Å². The Balaban J connectivity index is 1.45. The standard InChI is InChI=1S/C20H25N3OS/c1-15-4-3-5-17(12-15)22-20(25)21-13-16-10-11-23(14-16)18-6-8-19(24-2)9-7-18/h3-9,12,16H,10-11,13-14H2,1-2H3,(H2,21,22,25)/t16-/m0/s1. The van der Waals surface area contributed by atoms with E-state index in [2.05, 4.69) is 46.7 Å². The van der Waals surface area contributed by atoms with Gasteiger partial charge in [-0.15, -0.1) is 0 Å². The highest BCUT2D eigenvalue weighted by Crippen LogP contribution is 2.25.